The fourth-order valence-corrected chi connectivity index (χ4v) is 2.56. The lowest BCUT2D eigenvalue weighted by atomic mass is 9.93. The van der Waals surface area contributed by atoms with E-state index in [1.807, 2.05) is 6.20 Å². The summed E-state index contributed by atoms with van der Waals surface area (Å²) in [5.74, 6) is 0. The van der Waals surface area contributed by atoms with Crippen LogP contribution in [0, 0.1) is 0 Å². The van der Waals surface area contributed by atoms with Gasteiger partial charge in [0.2, 0.25) is 0 Å². The molecular formula is C12H21N3. The van der Waals surface area contributed by atoms with Gasteiger partial charge in [-0.1, -0.05) is 6.42 Å². The molecule has 2 rings (SSSR count). The molecule has 1 aromatic heterocycles. The normalized spacial score (nSPS) is 24.3. The summed E-state index contributed by atoms with van der Waals surface area (Å²) in [4.78, 5) is 5.46. The van der Waals surface area contributed by atoms with Crippen LogP contribution in [0.3, 0.4) is 0 Å². The SMILES string of the molecule is CN(C)C(c1cc[nH]c1)C1CCCCN1. The zero-order valence-corrected chi connectivity index (χ0v) is 9.66. The average molecular weight is 207 g/mol. The molecule has 0 spiro atoms. The van der Waals surface area contributed by atoms with E-state index in [4.69, 9.17) is 0 Å². The predicted molar refractivity (Wildman–Crippen MR) is 62.9 cm³/mol. The highest BCUT2D eigenvalue weighted by Crippen LogP contribution is 2.26. The van der Waals surface area contributed by atoms with E-state index >= 15 is 0 Å². The Bertz CT molecular complexity index is 273. The molecule has 1 aliphatic heterocycles. The number of nitrogens with zero attached hydrogens (tertiary/aromatic N) is 1. The summed E-state index contributed by atoms with van der Waals surface area (Å²) in [6, 6.07) is 3.28. The molecule has 3 heteroatoms. The third-order valence-corrected chi connectivity index (χ3v) is 3.25. The molecule has 3 nitrogen and oxygen atoms in total. The molecule has 2 unspecified atom stereocenters. The molecule has 1 aromatic rings. The van der Waals surface area contributed by atoms with E-state index in [0.717, 1.165) is 0 Å². The fourth-order valence-electron chi connectivity index (χ4n) is 2.56. The van der Waals surface area contributed by atoms with E-state index in [2.05, 4.69) is 41.6 Å². The topological polar surface area (TPSA) is 31.1 Å². The molecule has 2 heterocycles. The van der Waals surface area contributed by atoms with Crippen molar-refractivity contribution in [1.82, 2.24) is 15.2 Å². The molecule has 2 N–H and O–H groups in total. The van der Waals surface area contributed by atoms with E-state index in [-0.39, 0.29) is 0 Å². The van der Waals surface area contributed by atoms with Gasteiger partial charge >= 0.3 is 0 Å². The first-order valence-corrected chi connectivity index (χ1v) is 5.81. The molecule has 2 atom stereocenters. The number of hydrogen-bond donors (Lipinski definition) is 2. The van der Waals surface area contributed by atoms with Crippen LogP contribution in [0.1, 0.15) is 30.9 Å². The maximum Gasteiger partial charge on any atom is 0.0510 e. The van der Waals surface area contributed by atoms with Crippen LogP contribution in [0.15, 0.2) is 18.5 Å². The van der Waals surface area contributed by atoms with Gasteiger partial charge in [0.1, 0.15) is 0 Å². The molecule has 0 saturated carbocycles. The van der Waals surface area contributed by atoms with Crippen molar-refractivity contribution < 1.29 is 0 Å². The van der Waals surface area contributed by atoms with E-state index in [9.17, 15) is 0 Å². The Labute approximate surface area is 91.9 Å². The number of piperidine rings is 1. The van der Waals surface area contributed by atoms with Crippen LogP contribution in [0.25, 0.3) is 0 Å². The Hall–Kier alpha value is -0.800. The first-order chi connectivity index (χ1) is 7.29. The first-order valence-electron chi connectivity index (χ1n) is 5.81. The third kappa shape index (κ3) is 2.41. The highest BCUT2D eigenvalue weighted by atomic mass is 15.1. The molecular weight excluding hydrogens is 186 g/mol. The summed E-state index contributed by atoms with van der Waals surface area (Å²) < 4.78 is 0. The summed E-state index contributed by atoms with van der Waals surface area (Å²) in [7, 11) is 4.32. The van der Waals surface area contributed by atoms with Crippen molar-refractivity contribution in [3.05, 3.63) is 24.0 Å². The average Bonchev–Trinajstić information content (AvgIpc) is 2.72. The zero-order chi connectivity index (χ0) is 10.7. The number of aromatic amines is 1. The fraction of sp³-hybridized carbons (Fsp3) is 0.667. The van der Waals surface area contributed by atoms with Gasteiger partial charge in [-0.3, -0.25) is 0 Å². The van der Waals surface area contributed by atoms with Crippen molar-refractivity contribution in [3.8, 4) is 0 Å². The summed E-state index contributed by atoms with van der Waals surface area (Å²) in [6.07, 6.45) is 8.08. The van der Waals surface area contributed by atoms with Crippen molar-refractivity contribution in [1.29, 1.82) is 0 Å². The Kier molecular flexibility index (Phi) is 3.44. The lowest BCUT2D eigenvalue weighted by molar-refractivity contribution is 0.205. The predicted octanol–water partition coefficient (Wildman–Crippen LogP) is 1.76. The van der Waals surface area contributed by atoms with Crippen LogP contribution in [-0.2, 0) is 0 Å². The maximum absolute atomic E-state index is 3.63. The number of likely N-dealkylation sites (N-methyl/N-ethyl adjacent to an activating group) is 1. The number of nitrogens with one attached hydrogen (secondary N) is 2. The van der Waals surface area contributed by atoms with E-state index in [1.54, 1.807) is 0 Å². The molecule has 0 bridgehead atoms. The minimum atomic E-state index is 0.497. The first kappa shape index (κ1) is 10.7. The summed E-state index contributed by atoms with van der Waals surface area (Å²) in [5.41, 5.74) is 1.39. The summed E-state index contributed by atoms with van der Waals surface area (Å²) >= 11 is 0. The monoisotopic (exact) mass is 207 g/mol. The molecule has 0 amide bonds. The number of rotatable bonds is 3. The molecule has 1 fully saturated rings. The Morgan fingerprint density at radius 1 is 1.40 bits per heavy atom. The smallest absolute Gasteiger partial charge is 0.0510 e. The second kappa shape index (κ2) is 4.81. The molecule has 0 aliphatic carbocycles. The maximum atomic E-state index is 3.63. The van der Waals surface area contributed by atoms with Gasteiger partial charge in [-0.05, 0) is 45.1 Å². The van der Waals surface area contributed by atoms with Gasteiger partial charge in [-0.15, -0.1) is 0 Å². The second-order valence-corrected chi connectivity index (χ2v) is 4.61. The lowest BCUT2D eigenvalue weighted by Crippen LogP contribution is -2.43. The Morgan fingerprint density at radius 2 is 2.27 bits per heavy atom. The molecule has 84 valence electrons. The van der Waals surface area contributed by atoms with E-state index < -0.39 is 0 Å². The summed E-state index contributed by atoms with van der Waals surface area (Å²) in [5, 5.41) is 3.63. The van der Waals surface area contributed by atoms with Gasteiger partial charge < -0.3 is 15.2 Å². The van der Waals surface area contributed by atoms with E-state index in [1.165, 1.54) is 31.4 Å². The third-order valence-electron chi connectivity index (χ3n) is 3.25. The van der Waals surface area contributed by atoms with Crippen molar-refractivity contribution in [3.63, 3.8) is 0 Å². The highest BCUT2D eigenvalue weighted by Gasteiger charge is 2.26. The molecule has 1 aliphatic rings. The Morgan fingerprint density at radius 3 is 2.80 bits per heavy atom. The molecule has 0 aromatic carbocycles. The highest BCUT2D eigenvalue weighted by molar-refractivity contribution is 5.16. The van der Waals surface area contributed by atoms with Gasteiger partial charge in [0.05, 0.1) is 6.04 Å². The lowest BCUT2D eigenvalue weighted by Gasteiger charge is -2.35. The standard InChI is InChI=1S/C12H21N3/c1-15(2)12(10-6-8-13-9-10)11-5-3-4-7-14-11/h6,8-9,11-14H,3-5,7H2,1-2H3. The largest absolute Gasteiger partial charge is 0.367 e. The quantitative estimate of drug-likeness (QED) is 0.791. The van der Waals surface area contributed by atoms with Gasteiger partial charge in [-0.25, -0.2) is 0 Å². The molecule has 15 heavy (non-hydrogen) atoms. The number of aromatic nitrogens is 1. The van der Waals surface area contributed by atoms with Crippen LogP contribution >= 0.6 is 0 Å². The van der Waals surface area contributed by atoms with Crippen LogP contribution in [0.5, 0.6) is 0 Å². The minimum Gasteiger partial charge on any atom is -0.367 e. The van der Waals surface area contributed by atoms with E-state index in [0.29, 0.717) is 12.1 Å². The van der Waals surface area contributed by atoms with Crippen molar-refractivity contribution in [2.45, 2.75) is 31.3 Å². The second-order valence-electron chi connectivity index (χ2n) is 4.61. The van der Waals surface area contributed by atoms with Crippen molar-refractivity contribution in [2.24, 2.45) is 0 Å². The van der Waals surface area contributed by atoms with Gasteiger partial charge in [0, 0.05) is 18.4 Å². The van der Waals surface area contributed by atoms with Gasteiger partial charge in [0.25, 0.3) is 0 Å². The van der Waals surface area contributed by atoms with Crippen molar-refractivity contribution in [2.75, 3.05) is 20.6 Å². The van der Waals surface area contributed by atoms with Crippen LogP contribution in [0.2, 0.25) is 0 Å². The van der Waals surface area contributed by atoms with Gasteiger partial charge in [-0.2, -0.15) is 0 Å². The zero-order valence-electron chi connectivity index (χ0n) is 9.66. The molecule has 1 saturated heterocycles. The van der Waals surface area contributed by atoms with Crippen LogP contribution in [-0.4, -0.2) is 36.6 Å². The molecule has 0 radical (unpaired) electrons. The Balaban J connectivity index is 2.12. The number of hydrogen-bond acceptors (Lipinski definition) is 2. The number of H-pyrrole nitrogens is 1. The minimum absolute atomic E-state index is 0.497. The van der Waals surface area contributed by atoms with Gasteiger partial charge in [0.15, 0.2) is 0 Å². The van der Waals surface area contributed by atoms with Crippen LogP contribution in [0.4, 0.5) is 0 Å². The van der Waals surface area contributed by atoms with Crippen LogP contribution < -0.4 is 5.32 Å². The van der Waals surface area contributed by atoms with Crippen molar-refractivity contribution >= 4 is 0 Å². The summed E-state index contributed by atoms with van der Waals surface area (Å²) in [6.45, 7) is 1.17.